The predicted octanol–water partition coefficient (Wildman–Crippen LogP) is -28.3. The van der Waals surface area contributed by atoms with Crippen molar-refractivity contribution in [1.29, 1.82) is 0 Å². The van der Waals surface area contributed by atoms with E-state index in [0.29, 0.717) is 0 Å². The van der Waals surface area contributed by atoms with Crippen LogP contribution in [0.15, 0.2) is 0 Å². The Kier molecular flexibility index (Phi) is 40.4. The molecular weight excluding hydrogens is 1980 g/mol. The Hall–Kier alpha value is -2.60. The first-order valence-electron chi connectivity index (χ1n) is 45.7. The molecule has 832 valence electrons. The average molecular weight is 2110 g/mol. The first kappa shape index (κ1) is 116. The molecule has 27 saturated heterocycles. The molecular formula is C78H130O65. The Bertz CT molecular complexity index is 3670. The van der Waals surface area contributed by atoms with Gasteiger partial charge in [-0.2, -0.15) is 0 Å². The molecule has 27 aliphatic rings. The van der Waals surface area contributed by atoms with E-state index < -0.39 is 485 Å². The molecule has 27 rings (SSSR count). The van der Waals surface area contributed by atoms with Crippen molar-refractivity contribution in [2.45, 2.75) is 399 Å². The molecule has 14 bridgehead atoms. The van der Waals surface area contributed by atoms with Gasteiger partial charge in [-0.25, -0.2) is 0 Å². The molecule has 27 fully saturated rings. The molecule has 65 heteroatoms. The fraction of sp³-hybridized carbons (Fsp3) is 1.00. The van der Waals surface area contributed by atoms with Crippen LogP contribution in [0.5, 0.6) is 0 Å². The number of aliphatic hydroxyl groups excluding tert-OH is 39. The van der Waals surface area contributed by atoms with Gasteiger partial charge < -0.3 is 322 Å². The average Bonchev–Trinajstić information content (AvgIpc) is 0.933. The molecule has 0 aliphatic carbocycles. The molecule has 0 aromatic carbocycles. The van der Waals surface area contributed by atoms with E-state index in [0.717, 1.165) is 0 Å². The SMILES string of the molecule is OC[C@@H]1O[C@@H]2O[C@H]3[C@H](O)[C@@H](O)[C@@H](O[C@H]4[C@H](O)[C@H](O)[C@@H](O[C@H]5[C@@H](O)[C@H](O)[C@@H](O[C@H]6[C@H](O)[C@@H](O)[C@@H](O[C@H]7[C@H](O)[C@@H](O)[C@@H](O[C@H]8[C@H](O)[C@@H](O)[C@@H](O[C@H]1[C@H](O)[C@H]2O)O[C@H]8CO)O[C@H]7CO)O[C@@H]6CO[C@@H]1O[C@H](CO)[C@@H](O[C@@H]2O[C@H](CO)[C@H](O[C@@H]6O[C@H](CO)[C@H](O)[C@H](O)[C@H]6O)[C@H](O)[C@H]2O)[C@H](O)[C@H]1O)O[C@@H]5CO)O[C@@H]4CO)O[C@H]3CO[C@@H]1O[C@H](CO)[C@@H](O[C@@H]2O[C@H](CO)[C@H](O[C@@H]3O[C@H](CO)[C@H](O)[C@H](O)[C@H]3O)[C@H](O)[C@H]2O)[C@H](O)[C@H]1O. The molecule has 65 atom stereocenters. The van der Waals surface area contributed by atoms with Crippen LogP contribution in [0.3, 0.4) is 0 Å². The van der Waals surface area contributed by atoms with Crippen LogP contribution in [0, 0.1) is 0 Å². The van der Waals surface area contributed by atoms with Crippen molar-refractivity contribution in [2.75, 3.05) is 85.9 Å². The zero-order valence-electron chi connectivity index (χ0n) is 74.8. The lowest BCUT2D eigenvalue weighted by Crippen LogP contribution is -2.68. The number of aliphatic hydroxyl groups is 39. The maximum Gasteiger partial charge on any atom is 0.187 e. The van der Waals surface area contributed by atoms with Crippen molar-refractivity contribution < 1.29 is 322 Å². The number of rotatable bonds is 25. The summed E-state index contributed by atoms with van der Waals surface area (Å²) in [5.41, 5.74) is 0. The maximum atomic E-state index is 12.2. The van der Waals surface area contributed by atoms with Gasteiger partial charge in [-0.15, -0.1) is 0 Å². The van der Waals surface area contributed by atoms with Crippen LogP contribution in [0.2, 0.25) is 0 Å². The molecule has 27 heterocycles. The van der Waals surface area contributed by atoms with Crippen LogP contribution in [-0.4, -0.2) is 684 Å². The highest BCUT2D eigenvalue weighted by molar-refractivity contribution is 5.06. The third-order valence-electron chi connectivity index (χ3n) is 27.4. The van der Waals surface area contributed by atoms with Crippen LogP contribution in [0.25, 0.3) is 0 Å². The van der Waals surface area contributed by atoms with E-state index in [9.17, 15) is 199 Å². The minimum atomic E-state index is -2.56. The molecule has 0 spiro atoms. The van der Waals surface area contributed by atoms with E-state index in [1.165, 1.54) is 0 Å². The first-order valence-corrected chi connectivity index (χ1v) is 45.7. The van der Waals surface area contributed by atoms with Gasteiger partial charge in [0, 0.05) is 0 Å². The van der Waals surface area contributed by atoms with Crippen LogP contribution in [-0.2, 0) is 123 Å². The zero-order valence-corrected chi connectivity index (χ0v) is 74.8. The predicted molar refractivity (Wildman–Crippen MR) is 424 cm³/mol. The third kappa shape index (κ3) is 23.7. The molecule has 27 aliphatic heterocycles. The Labute approximate surface area is 805 Å². The van der Waals surface area contributed by atoms with E-state index in [-0.39, 0.29) is 0 Å². The number of ether oxygens (including phenoxy) is 26. The van der Waals surface area contributed by atoms with Gasteiger partial charge >= 0.3 is 0 Å². The molecule has 39 N–H and O–H groups in total. The van der Waals surface area contributed by atoms with Gasteiger partial charge in [0.2, 0.25) is 0 Å². The van der Waals surface area contributed by atoms with Gasteiger partial charge in [0.05, 0.1) is 85.9 Å². The van der Waals surface area contributed by atoms with Gasteiger partial charge in [-0.1, -0.05) is 0 Å². The Morgan fingerprint density at radius 3 is 0.469 bits per heavy atom. The van der Waals surface area contributed by atoms with E-state index in [4.69, 9.17) is 123 Å². The van der Waals surface area contributed by atoms with E-state index in [1.807, 2.05) is 0 Å². The van der Waals surface area contributed by atoms with Crippen molar-refractivity contribution in [2.24, 2.45) is 0 Å². The summed E-state index contributed by atoms with van der Waals surface area (Å²) >= 11 is 0. The summed E-state index contributed by atoms with van der Waals surface area (Å²) in [7, 11) is 0. The maximum absolute atomic E-state index is 12.2. The number of hydrogen-bond acceptors (Lipinski definition) is 65. The molecule has 0 radical (unpaired) electrons. The smallest absolute Gasteiger partial charge is 0.187 e. The molecule has 0 unspecified atom stereocenters. The second-order valence-corrected chi connectivity index (χ2v) is 36.6. The standard InChI is InChI=1S/C78H130O65/c79-1-14-27(90)29(92)42(105)68(120-14)133-57-18(5-83)124-70(46(109)33(57)96)135-55-16(3-81)122-66(44(107)31(55)94)118-12-25-64-41(104)54(117)78(132-25)141-63-24(11-89)128-74(50(113)37(63)100)139-61-22(9-87)130-76(52(115)39(61)102)143-65-26(13-119-67-45(108)32(95)56(17(4-82)123-67)136-71-47(110)34(97)58(19(6-84)125-71)134-69-43(106)30(93)28(91)15(2-80)121-69)131-77(53(116)40(65)103)140-62-23(10-88)127-73(49(112)36(62)99)137-59-20(7-85)126-72(48(111)35(59)98)138-60-21(8-86)129-75(142-64)51(114)38(60)101/h14-117H,1-13H2/t14-,15-,16-,17-,18-,19-,20+,21+,22-,23+,24-,25+,26-,27+,28+,29+,30+,31-,32-,33-,34-,35-,36-,37-,38-,39+,40-,41-,42-,43-,44-,45-,46-,47-,48-,49-,50+,51-,52+,53-,54-,55-,56-,57+,58+,59-,60-,61-,62-,63-,64-,65-,66-,67-,68+,69+,70+,71+,72-,73-,74-,75-,76-,77-,78-/m1/s1. The van der Waals surface area contributed by atoms with Crippen LogP contribution in [0.4, 0.5) is 0 Å². The highest BCUT2D eigenvalue weighted by Crippen LogP contribution is 2.44. The summed E-state index contributed by atoms with van der Waals surface area (Å²) in [4.78, 5) is 0. The highest BCUT2D eigenvalue weighted by Gasteiger charge is 2.64. The van der Waals surface area contributed by atoms with E-state index in [1.54, 1.807) is 0 Å². The lowest BCUT2D eigenvalue weighted by molar-refractivity contribution is -0.401. The normalized spacial score (nSPS) is 54.9. The zero-order chi connectivity index (χ0) is 104. The molecule has 65 nitrogen and oxygen atoms in total. The molecule has 0 aromatic heterocycles. The van der Waals surface area contributed by atoms with Crippen molar-refractivity contribution in [1.82, 2.24) is 0 Å². The lowest BCUT2D eigenvalue weighted by atomic mass is 9.95. The molecule has 0 amide bonds. The summed E-state index contributed by atoms with van der Waals surface area (Å²) < 4.78 is 151. The van der Waals surface area contributed by atoms with Crippen LogP contribution < -0.4 is 0 Å². The Morgan fingerprint density at radius 2 is 0.280 bits per heavy atom. The van der Waals surface area contributed by atoms with Crippen molar-refractivity contribution in [3.63, 3.8) is 0 Å². The van der Waals surface area contributed by atoms with Crippen molar-refractivity contribution in [3.05, 3.63) is 0 Å². The quantitative estimate of drug-likeness (QED) is 0.0404. The Balaban J connectivity index is 0.712. The van der Waals surface area contributed by atoms with Crippen molar-refractivity contribution in [3.8, 4) is 0 Å². The molecule has 0 saturated carbocycles. The second-order valence-electron chi connectivity index (χ2n) is 36.6. The summed E-state index contributed by atoms with van der Waals surface area (Å²) in [5, 5.41) is 438. The van der Waals surface area contributed by atoms with E-state index >= 15 is 0 Å². The van der Waals surface area contributed by atoms with Gasteiger partial charge in [0.1, 0.15) is 317 Å². The first-order chi connectivity index (χ1) is 68.0. The van der Waals surface area contributed by atoms with E-state index in [2.05, 4.69) is 0 Å². The summed E-state index contributed by atoms with van der Waals surface area (Å²) in [6, 6.07) is 0. The van der Waals surface area contributed by atoms with Gasteiger partial charge in [-0.3, -0.25) is 0 Å². The third-order valence-corrected chi connectivity index (χ3v) is 27.4. The monoisotopic (exact) mass is 2110 g/mol. The second kappa shape index (κ2) is 49.9. The van der Waals surface area contributed by atoms with Crippen molar-refractivity contribution >= 4 is 0 Å². The topological polar surface area (TPSA) is 1030 Å². The highest BCUT2D eigenvalue weighted by atomic mass is 16.8. The molecule has 143 heavy (non-hydrogen) atoms. The largest absolute Gasteiger partial charge is 0.394 e. The summed E-state index contributed by atoms with van der Waals surface area (Å²) in [6.45, 7) is -15.2. The fourth-order valence-electron chi connectivity index (χ4n) is 19.1. The summed E-state index contributed by atoms with van der Waals surface area (Å²) in [5.74, 6) is 0. The molecule has 0 aromatic rings. The Morgan fingerprint density at radius 1 is 0.126 bits per heavy atom. The lowest BCUT2D eigenvalue weighted by Gasteiger charge is -2.50. The number of hydrogen-bond donors (Lipinski definition) is 39. The van der Waals surface area contributed by atoms with Gasteiger partial charge in [0.25, 0.3) is 0 Å². The minimum Gasteiger partial charge on any atom is -0.394 e. The van der Waals surface area contributed by atoms with Crippen LogP contribution >= 0.6 is 0 Å². The minimum absolute atomic E-state index is 0.924. The fourth-order valence-corrected chi connectivity index (χ4v) is 19.1. The van der Waals surface area contributed by atoms with Gasteiger partial charge in [-0.05, 0) is 0 Å². The van der Waals surface area contributed by atoms with Gasteiger partial charge in [0.15, 0.2) is 81.8 Å². The summed E-state index contributed by atoms with van der Waals surface area (Å²) in [6.07, 6.45) is -143. The van der Waals surface area contributed by atoms with Crippen LogP contribution in [0.1, 0.15) is 0 Å².